The summed E-state index contributed by atoms with van der Waals surface area (Å²) in [5.41, 5.74) is 2.44. The summed E-state index contributed by atoms with van der Waals surface area (Å²) >= 11 is 4.61. The minimum atomic E-state index is -0.110. The first kappa shape index (κ1) is 9.16. The molecule has 0 saturated heterocycles. The predicted octanol–water partition coefficient (Wildman–Crippen LogP) is 4.24. The lowest BCUT2D eigenvalue weighted by molar-refractivity contribution is 0.658. The number of rotatable bonds is 1. The first-order valence-electron chi connectivity index (χ1n) is 3.95. The Labute approximate surface area is 88.5 Å². The van der Waals surface area contributed by atoms with E-state index in [0.717, 1.165) is 15.4 Å². The van der Waals surface area contributed by atoms with E-state index in [4.69, 9.17) is 0 Å². The van der Waals surface area contributed by atoms with Crippen LogP contribution in [0.3, 0.4) is 0 Å². The lowest BCUT2D eigenvalue weighted by Crippen LogP contribution is -1.82. The van der Waals surface area contributed by atoms with Gasteiger partial charge in [-0.1, -0.05) is 22.0 Å². The zero-order valence-electron chi connectivity index (χ0n) is 7.10. The van der Waals surface area contributed by atoms with Gasteiger partial charge < -0.3 is 0 Å². The van der Waals surface area contributed by atoms with Crippen LogP contribution in [0, 0.1) is 12.1 Å². The summed E-state index contributed by atoms with van der Waals surface area (Å²) in [6.45, 7) is 2.05. The van der Waals surface area contributed by atoms with Crippen LogP contribution in [0.2, 0.25) is 0 Å². The maximum Gasteiger partial charge on any atom is 0.177 e. The molecule has 2 aromatic rings. The van der Waals surface area contributed by atoms with E-state index in [1.165, 1.54) is 22.5 Å². The van der Waals surface area contributed by atoms with Gasteiger partial charge >= 0.3 is 0 Å². The lowest BCUT2D eigenvalue weighted by Gasteiger charge is -2.00. The first-order chi connectivity index (χ1) is 6.20. The molecule has 0 fully saturated rings. The van der Waals surface area contributed by atoms with Gasteiger partial charge in [-0.3, -0.25) is 0 Å². The number of hydrogen-bond donors (Lipinski definition) is 0. The molecule has 0 aliphatic rings. The Morgan fingerprint density at radius 2 is 2.15 bits per heavy atom. The number of hydrogen-bond acceptors (Lipinski definition) is 1. The number of alkyl halides is 1. The van der Waals surface area contributed by atoms with Gasteiger partial charge in [0.15, 0.2) is 5.13 Å². The molecule has 0 bridgehead atoms. The molecule has 0 spiro atoms. The molecular weight excluding hydrogens is 251 g/mol. The van der Waals surface area contributed by atoms with Crippen molar-refractivity contribution >= 4 is 37.4 Å². The van der Waals surface area contributed by atoms with E-state index in [2.05, 4.69) is 15.9 Å². The van der Waals surface area contributed by atoms with Crippen molar-refractivity contribution < 1.29 is 4.39 Å². The minimum absolute atomic E-state index is 0.110. The molecule has 3 heteroatoms. The second-order valence-corrected chi connectivity index (χ2v) is 4.60. The van der Waals surface area contributed by atoms with Crippen LogP contribution >= 0.6 is 27.3 Å². The van der Waals surface area contributed by atoms with Crippen molar-refractivity contribution in [3.05, 3.63) is 34.5 Å². The van der Waals surface area contributed by atoms with Gasteiger partial charge in [0.1, 0.15) is 0 Å². The van der Waals surface area contributed by atoms with Crippen molar-refractivity contribution in [1.29, 1.82) is 0 Å². The minimum Gasteiger partial charge on any atom is -0.195 e. The zero-order valence-corrected chi connectivity index (χ0v) is 9.51. The Kier molecular flexibility index (Phi) is 2.39. The van der Waals surface area contributed by atoms with Crippen LogP contribution in [0.1, 0.15) is 11.1 Å². The number of fused-ring (bicyclic) bond motifs is 1. The number of halogens is 2. The third-order valence-corrected chi connectivity index (χ3v) is 3.58. The quantitative estimate of drug-likeness (QED) is 0.672. The van der Waals surface area contributed by atoms with Crippen molar-refractivity contribution in [3.8, 4) is 0 Å². The molecule has 0 unspecified atom stereocenters. The average molecular weight is 259 g/mol. The van der Waals surface area contributed by atoms with E-state index in [1.807, 2.05) is 19.1 Å². The van der Waals surface area contributed by atoms with Crippen LogP contribution in [-0.2, 0) is 5.33 Å². The predicted molar refractivity (Wildman–Crippen MR) is 59.2 cm³/mol. The van der Waals surface area contributed by atoms with Gasteiger partial charge in [0.25, 0.3) is 0 Å². The monoisotopic (exact) mass is 258 g/mol. The summed E-state index contributed by atoms with van der Waals surface area (Å²) in [5, 5.41) is 1.72. The fourth-order valence-electron chi connectivity index (χ4n) is 1.35. The summed E-state index contributed by atoms with van der Waals surface area (Å²) < 4.78 is 13.9. The maximum absolute atomic E-state index is 12.9. The van der Waals surface area contributed by atoms with Crippen LogP contribution in [0.4, 0.5) is 4.39 Å². The fraction of sp³-hybridized carbons (Fsp3) is 0.200. The van der Waals surface area contributed by atoms with Gasteiger partial charge in [-0.2, -0.15) is 4.39 Å². The molecule has 1 heterocycles. The maximum atomic E-state index is 12.9. The van der Waals surface area contributed by atoms with Gasteiger partial charge in [0.05, 0.1) is 0 Å². The third kappa shape index (κ3) is 1.63. The van der Waals surface area contributed by atoms with E-state index in [0.29, 0.717) is 0 Å². The molecule has 2 rings (SSSR count). The second-order valence-electron chi connectivity index (χ2n) is 3.00. The van der Waals surface area contributed by atoms with Crippen LogP contribution in [-0.4, -0.2) is 0 Å². The van der Waals surface area contributed by atoms with Crippen molar-refractivity contribution in [3.63, 3.8) is 0 Å². The van der Waals surface area contributed by atoms with Crippen molar-refractivity contribution in [2.75, 3.05) is 0 Å². The Morgan fingerprint density at radius 3 is 2.85 bits per heavy atom. The molecule has 0 radical (unpaired) electrons. The number of thiophene rings is 1. The highest BCUT2D eigenvalue weighted by atomic mass is 79.9. The Balaban J connectivity index is 2.72. The van der Waals surface area contributed by atoms with Crippen molar-refractivity contribution in [2.24, 2.45) is 0 Å². The van der Waals surface area contributed by atoms with Crippen molar-refractivity contribution in [1.82, 2.24) is 0 Å². The fourth-order valence-corrected chi connectivity index (χ4v) is 2.79. The van der Waals surface area contributed by atoms with Gasteiger partial charge in [-0.25, -0.2) is 0 Å². The van der Waals surface area contributed by atoms with Crippen LogP contribution in [0.5, 0.6) is 0 Å². The number of aryl methyl sites for hydroxylation is 1. The molecule has 13 heavy (non-hydrogen) atoms. The third-order valence-electron chi connectivity index (χ3n) is 2.09. The molecule has 0 aliphatic heterocycles. The smallest absolute Gasteiger partial charge is 0.177 e. The van der Waals surface area contributed by atoms with E-state index in [9.17, 15) is 4.39 Å². The molecule has 0 amide bonds. The molecule has 0 saturated carbocycles. The second kappa shape index (κ2) is 3.39. The van der Waals surface area contributed by atoms with E-state index in [-0.39, 0.29) is 5.13 Å². The van der Waals surface area contributed by atoms with E-state index >= 15 is 0 Å². The summed E-state index contributed by atoms with van der Waals surface area (Å²) in [6.07, 6.45) is 0. The first-order valence-corrected chi connectivity index (χ1v) is 5.89. The molecule has 1 aromatic heterocycles. The number of benzene rings is 1. The molecule has 0 atom stereocenters. The van der Waals surface area contributed by atoms with E-state index in [1.54, 1.807) is 6.07 Å². The lowest BCUT2D eigenvalue weighted by atomic mass is 10.1. The Morgan fingerprint density at radius 1 is 1.38 bits per heavy atom. The van der Waals surface area contributed by atoms with Gasteiger partial charge in [-0.05, 0) is 35.6 Å². The molecule has 0 aliphatic carbocycles. The van der Waals surface area contributed by atoms with Crippen molar-refractivity contribution in [2.45, 2.75) is 12.3 Å². The van der Waals surface area contributed by atoms with Crippen LogP contribution in [0.15, 0.2) is 18.2 Å². The SMILES string of the molecule is Cc1cc2cc(F)sc2cc1CBr. The largest absolute Gasteiger partial charge is 0.195 e. The molecule has 68 valence electrons. The summed E-state index contributed by atoms with van der Waals surface area (Å²) in [4.78, 5) is 0. The van der Waals surface area contributed by atoms with E-state index < -0.39 is 0 Å². The topological polar surface area (TPSA) is 0 Å². The summed E-state index contributed by atoms with van der Waals surface area (Å²) in [6, 6.07) is 5.67. The average Bonchev–Trinajstić information content (AvgIpc) is 2.42. The highest BCUT2D eigenvalue weighted by Gasteiger charge is 2.04. The summed E-state index contributed by atoms with van der Waals surface area (Å²) in [5.74, 6) is 0. The highest BCUT2D eigenvalue weighted by molar-refractivity contribution is 9.08. The Bertz CT molecular complexity index is 447. The zero-order chi connectivity index (χ0) is 9.42. The van der Waals surface area contributed by atoms with Crippen LogP contribution < -0.4 is 0 Å². The molecule has 0 nitrogen and oxygen atoms in total. The molecule has 0 N–H and O–H groups in total. The summed E-state index contributed by atoms with van der Waals surface area (Å²) in [7, 11) is 0. The Hall–Kier alpha value is -0.410. The normalized spacial score (nSPS) is 11.0. The highest BCUT2D eigenvalue weighted by Crippen LogP contribution is 2.28. The standard InChI is InChI=1S/C10H8BrFS/c1-6-2-7-4-10(12)13-9(7)3-8(6)5-11/h2-4H,5H2,1H3. The van der Waals surface area contributed by atoms with Gasteiger partial charge in [-0.15, -0.1) is 11.3 Å². The van der Waals surface area contributed by atoms with Crippen LogP contribution in [0.25, 0.3) is 10.1 Å². The molecule has 1 aromatic carbocycles. The van der Waals surface area contributed by atoms with Gasteiger partial charge in [0.2, 0.25) is 0 Å². The van der Waals surface area contributed by atoms with Gasteiger partial charge in [0, 0.05) is 10.0 Å². The molecular formula is C10H8BrFS.